The van der Waals surface area contributed by atoms with Gasteiger partial charge in [-0.3, -0.25) is 19.4 Å². The molecule has 2 atom stereocenters. The van der Waals surface area contributed by atoms with Gasteiger partial charge in [0.05, 0.1) is 17.2 Å². The zero-order valence-electron chi connectivity index (χ0n) is 14.8. The fourth-order valence-corrected chi connectivity index (χ4v) is 3.25. The molecule has 2 aromatic rings. The number of hydrogen-bond donors (Lipinski definition) is 0. The van der Waals surface area contributed by atoms with E-state index in [4.69, 9.17) is 9.57 Å². The highest BCUT2D eigenvalue weighted by atomic mass is 16.7. The molecule has 9 heteroatoms. The van der Waals surface area contributed by atoms with Gasteiger partial charge in [-0.2, -0.15) is 0 Å². The van der Waals surface area contributed by atoms with Crippen molar-refractivity contribution < 1.29 is 28.8 Å². The van der Waals surface area contributed by atoms with Crippen LogP contribution in [0.2, 0.25) is 0 Å². The predicted molar refractivity (Wildman–Crippen MR) is 92.5 cm³/mol. The Balaban J connectivity index is 1.59. The standard InChI is InChI=1S/C19H15N3O6/c1-21-14(23)10-27-16(15(21)11-5-4-8-20-9-11)19(26)28-22-17(24)12-6-2-3-7-13(12)18(22)25/h2-9,15-16H,10H2,1H3/t15-,16+/m1/s1. The van der Waals surface area contributed by atoms with Crippen molar-refractivity contribution in [1.29, 1.82) is 0 Å². The molecule has 0 spiro atoms. The van der Waals surface area contributed by atoms with E-state index in [-0.39, 0.29) is 23.6 Å². The number of nitrogens with zero attached hydrogens (tertiary/aromatic N) is 3. The Bertz CT molecular complexity index is 942. The lowest BCUT2D eigenvalue weighted by molar-refractivity contribution is -0.193. The van der Waals surface area contributed by atoms with Gasteiger partial charge in [-0.1, -0.05) is 23.3 Å². The number of hydrogen-bond acceptors (Lipinski definition) is 7. The Hall–Kier alpha value is -3.59. The minimum absolute atomic E-state index is 0.154. The maximum absolute atomic E-state index is 12.8. The lowest BCUT2D eigenvalue weighted by Gasteiger charge is -2.37. The first-order chi connectivity index (χ1) is 13.5. The molecular weight excluding hydrogens is 366 g/mol. The van der Waals surface area contributed by atoms with E-state index >= 15 is 0 Å². The van der Waals surface area contributed by atoms with Gasteiger partial charge in [0.15, 0.2) is 6.10 Å². The summed E-state index contributed by atoms with van der Waals surface area (Å²) in [5.74, 6) is -2.74. The summed E-state index contributed by atoms with van der Waals surface area (Å²) < 4.78 is 5.40. The zero-order valence-corrected chi connectivity index (χ0v) is 14.8. The maximum atomic E-state index is 12.8. The van der Waals surface area contributed by atoms with Crippen molar-refractivity contribution in [2.24, 2.45) is 0 Å². The highest BCUT2D eigenvalue weighted by Gasteiger charge is 2.45. The number of likely N-dealkylation sites (N-methyl/N-ethyl adjacent to an activating group) is 1. The highest BCUT2D eigenvalue weighted by Crippen LogP contribution is 2.30. The molecule has 28 heavy (non-hydrogen) atoms. The van der Waals surface area contributed by atoms with Crippen molar-refractivity contribution >= 4 is 23.7 Å². The third kappa shape index (κ3) is 2.81. The minimum Gasteiger partial charge on any atom is -0.354 e. The Morgan fingerprint density at radius 2 is 1.79 bits per heavy atom. The maximum Gasteiger partial charge on any atom is 0.364 e. The Kier molecular flexibility index (Phi) is 4.36. The van der Waals surface area contributed by atoms with Crippen LogP contribution in [0.5, 0.6) is 0 Å². The van der Waals surface area contributed by atoms with Gasteiger partial charge in [0, 0.05) is 19.4 Å². The summed E-state index contributed by atoms with van der Waals surface area (Å²) in [6.07, 6.45) is 1.84. The minimum atomic E-state index is -1.23. The molecule has 9 nitrogen and oxygen atoms in total. The number of amides is 3. The molecule has 4 rings (SSSR count). The average Bonchev–Trinajstić information content (AvgIpc) is 2.95. The number of ether oxygens (including phenoxy) is 1. The second kappa shape index (κ2) is 6.86. The van der Waals surface area contributed by atoms with Crippen LogP contribution in [0.25, 0.3) is 0 Å². The predicted octanol–water partition coefficient (Wildman–Crippen LogP) is 0.734. The topological polar surface area (TPSA) is 106 Å². The fourth-order valence-electron chi connectivity index (χ4n) is 3.25. The van der Waals surface area contributed by atoms with Crippen molar-refractivity contribution in [2.75, 3.05) is 13.7 Å². The zero-order chi connectivity index (χ0) is 19.8. The van der Waals surface area contributed by atoms with Crippen molar-refractivity contribution in [3.63, 3.8) is 0 Å². The number of morpholine rings is 1. The molecule has 0 aliphatic carbocycles. The number of hydroxylamine groups is 2. The van der Waals surface area contributed by atoms with Gasteiger partial charge < -0.3 is 14.5 Å². The van der Waals surface area contributed by atoms with E-state index in [9.17, 15) is 19.2 Å². The van der Waals surface area contributed by atoms with Gasteiger partial charge in [-0.25, -0.2) is 4.79 Å². The summed E-state index contributed by atoms with van der Waals surface area (Å²) in [5, 5.41) is 0.424. The molecular formula is C19H15N3O6. The third-order valence-electron chi connectivity index (χ3n) is 4.68. The molecule has 1 aromatic heterocycles. The molecule has 1 saturated heterocycles. The van der Waals surface area contributed by atoms with E-state index in [1.165, 1.54) is 30.3 Å². The SMILES string of the molecule is CN1C(=O)CO[C@H](C(=O)ON2C(=O)c3ccccc3C2=O)[C@H]1c1cccnc1. The molecule has 3 heterocycles. The van der Waals surface area contributed by atoms with E-state index in [0.29, 0.717) is 10.6 Å². The number of imide groups is 1. The van der Waals surface area contributed by atoms with E-state index in [1.807, 2.05) is 0 Å². The highest BCUT2D eigenvalue weighted by molar-refractivity contribution is 6.20. The number of fused-ring (bicyclic) bond motifs is 1. The molecule has 1 fully saturated rings. The second-order valence-electron chi connectivity index (χ2n) is 6.33. The smallest absolute Gasteiger partial charge is 0.354 e. The Labute approximate surface area is 159 Å². The summed E-state index contributed by atoms with van der Waals surface area (Å²) in [5.41, 5.74) is 0.865. The Morgan fingerprint density at radius 1 is 1.11 bits per heavy atom. The summed E-state index contributed by atoms with van der Waals surface area (Å²) in [6, 6.07) is 8.72. The lowest BCUT2D eigenvalue weighted by Crippen LogP contribution is -2.51. The van der Waals surface area contributed by atoms with Gasteiger partial charge in [0.1, 0.15) is 6.61 Å². The quantitative estimate of drug-likeness (QED) is 0.722. The third-order valence-corrected chi connectivity index (χ3v) is 4.68. The van der Waals surface area contributed by atoms with E-state index < -0.39 is 29.9 Å². The Morgan fingerprint density at radius 3 is 2.39 bits per heavy atom. The van der Waals surface area contributed by atoms with Crippen molar-refractivity contribution in [1.82, 2.24) is 14.9 Å². The number of rotatable bonds is 3. The van der Waals surface area contributed by atoms with Crippen LogP contribution < -0.4 is 0 Å². The first-order valence-electron chi connectivity index (χ1n) is 8.46. The van der Waals surface area contributed by atoms with Gasteiger partial charge >= 0.3 is 5.97 Å². The summed E-state index contributed by atoms with van der Waals surface area (Å²) >= 11 is 0. The number of carbonyl (C=O) groups is 4. The van der Waals surface area contributed by atoms with E-state index in [2.05, 4.69) is 4.98 Å². The molecule has 0 bridgehead atoms. The monoisotopic (exact) mass is 381 g/mol. The van der Waals surface area contributed by atoms with E-state index in [0.717, 1.165) is 0 Å². The van der Waals surface area contributed by atoms with Gasteiger partial charge in [-0.05, 0) is 23.8 Å². The van der Waals surface area contributed by atoms with Crippen LogP contribution >= 0.6 is 0 Å². The van der Waals surface area contributed by atoms with Crippen molar-refractivity contribution in [2.45, 2.75) is 12.1 Å². The summed E-state index contributed by atoms with van der Waals surface area (Å²) in [7, 11) is 1.53. The average molecular weight is 381 g/mol. The number of pyridine rings is 1. The van der Waals surface area contributed by atoms with Crippen LogP contribution in [0, 0.1) is 0 Å². The summed E-state index contributed by atoms with van der Waals surface area (Å²) in [6.45, 7) is -0.324. The second-order valence-corrected chi connectivity index (χ2v) is 6.33. The number of carbonyl (C=O) groups excluding carboxylic acids is 4. The van der Waals surface area contributed by atoms with Gasteiger partial charge in [-0.15, -0.1) is 0 Å². The van der Waals surface area contributed by atoms with Crippen LogP contribution in [0.15, 0.2) is 48.8 Å². The first kappa shape index (κ1) is 17.8. The van der Waals surface area contributed by atoms with Gasteiger partial charge in [0.25, 0.3) is 11.8 Å². The van der Waals surface area contributed by atoms with Crippen LogP contribution in [0.1, 0.15) is 32.3 Å². The van der Waals surface area contributed by atoms with Crippen molar-refractivity contribution in [3.8, 4) is 0 Å². The molecule has 3 amide bonds. The van der Waals surface area contributed by atoms with Crippen LogP contribution in [-0.2, 0) is 19.2 Å². The molecule has 142 valence electrons. The summed E-state index contributed by atoms with van der Waals surface area (Å²) in [4.78, 5) is 60.1. The number of benzene rings is 1. The largest absolute Gasteiger partial charge is 0.364 e. The van der Waals surface area contributed by atoms with Crippen molar-refractivity contribution in [3.05, 3.63) is 65.5 Å². The number of aromatic nitrogens is 1. The molecule has 0 unspecified atom stereocenters. The van der Waals surface area contributed by atoms with Crippen LogP contribution in [-0.4, -0.2) is 58.4 Å². The fraction of sp³-hybridized carbons (Fsp3) is 0.211. The van der Waals surface area contributed by atoms with E-state index in [1.54, 1.807) is 30.5 Å². The van der Waals surface area contributed by atoms with Crippen LogP contribution in [0.3, 0.4) is 0 Å². The molecule has 1 aromatic carbocycles. The van der Waals surface area contributed by atoms with Gasteiger partial charge in [0.2, 0.25) is 5.91 Å². The lowest BCUT2D eigenvalue weighted by atomic mass is 10.00. The van der Waals surface area contributed by atoms with Crippen LogP contribution in [0.4, 0.5) is 0 Å². The molecule has 0 radical (unpaired) electrons. The first-order valence-corrected chi connectivity index (χ1v) is 8.46. The normalized spacial score (nSPS) is 21.7. The molecule has 2 aliphatic rings. The molecule has 2 aliphatic heterocycles. The molecule has 0 saturated carbocycles. The molecule has 0 N–H and O–H groups in total.